The zero-order valence-corrected chi connectivity index (χ0v) is 14.9. The summed E-state index contributed by atoms with van der Waals surface area (Å²) in [5, 5.41) is 3.29. The first kappa shape index (κ1) is 18.1. The van der Waals surface area contributed by atoms with Crippen molar-refractivity contribution in [3.8, 4) is 0 Å². The Morgan fingerprint density at radius 3 is 2.88 bits per heavy atom. The van der Waals surface area contributed by atoms with Crippen molar-refractivity contribution in [3.63, 3.8) is 0 Å². The maximum Gasteiger partial charge on any atom is 0.350 e. The van der Waals surface area contributed by atoms with Gasteiger partial charge in [-0.1, -0.05) is 23.1 Å². The molecule has 0 saturated heterocycles. The number of hydrogen-bond donors (Lipinski definition) is 2. The normalized spacial score (nSPS) is 10.7. The lowest BCUT2D eigenvalue weighted by molar-refractivity contribution is -0.113. The maximum atomic E-state index is 11.9. The number of anilines is 1. The molecule has 10 heteroatoms. The second-order valence-corrected chi connectivity index (χ2v) is 6.93. The predicted octanol–water partition coefficient (Wildman–Crippen LogP) is 1.83. The number of hydrogen-bond acceptors (Lipinski definition) is 8. The van der Waals surface area contributed by atoms with Gasteiger partial charge in [0.15, 0.2) is 10.3 Å². The van der Waals surface area contributed by atoms with Crippen molar-refractivity contribution in [2.24, 2.45) is 0 Å². The molecule has 8 nitrogen and oxygen atoms in total. The molecule has 0 fully saturated rings. The minimum atomic E-state index is -0.457. The van der Waals surface area contributed by atoms with E-state index < -0.39 is 5.97 Å². The molecule has 0 unspecified atom stereocenters. The third-order valence-electron chi connectivity index (χ3n) is 2.56. The summed E-state index contributed by atoms with van der Waals surface area (Å²) in [6, 6.07) is 1.29. The van der Waals surface area contributed by atoms with Gasteiger partial charge in [0.2, 0.25) is 5.91 Å². The fourth-order valence-corrected chi connectivity index (χ4v) is 3.14. The van der Waals surface area contributed by atoms with Crippen LogP contribution in [0.3, 0.4) is 0 Å². The molecule has 128 valence electrons. The fraction of sp³-hybridized carbons (Fsp3) is 0.357. The molecule has 2 aromatic rings. The van der Waals surface area contributed by atoms with Gasteiger partial charge in [-0.15, -0.1) is 0 Å². The molecule has 0 bridgehead atoms. The minimum Gasteiger partial charge on any atom is -0.459 e. The highest BCUT2D eigenvalue weighted by Gasteiger charge is 2.18. The molecule has 24 heavy (non-hydrogen) atoms. The van der Waals surface area contributed by atoms with Gasteiger partial charge in [0.05, 0.1) is 17.6 Å². The molecule has 1 amide bonds. The summed E-state index contributed by atoms with van der Waals surface area (Å²) in [7, 11) is 0. The van der Waals surface area contributed by atoms with E-state index in [1.807, 2.05) is 0 Å². The lowest BCUT2D eigenvalue weighted by Gasteiger charge is -2.05. The Kier molecular flexibility index (Phi) is 6.10. The number of aryl methyl sites for hydroxylation is 1. The zero-order chi connectivity index (χ0) is 17.7. The molecule has 2 heterocycles. The molecule has 0 atom stereocenters. The average molecular weight is 368 g/mol. The van der Waals surface area contributed by atoms with Crippen molar-refractivity contribution in [3.05, 3.63) is 33.2 Å². The standard InChI is InChI=1S/C14H16N4O4S2/c1-7(2)22-12(21)11-8(3)16-14(24-11)18-10(20)6-23-13-15-5-4-9(19)17-13/h4-5,7H,6H2,1-3H3,(H,15,17,19)(H,16,18,20). The van der Waals surface area contributed by atoms with Crippen LogP contribution in [0.1, 0.15) is 29.2 Å². The number of thioether (sulfide) groups is 1. The number of carbonyl (C=O) groups excluding carboxylic acids is 2. The number of nitrogens with zero attached hydrogens (tertiary/aromatic N) is 2. The van der Waals surface area contributed by atoms with Crippen molar-refractivity contribution < 1.29 is 14.3 Å². The first-order chi connectivity index (χ1) is 11.3. The van der Waals surface area contributed by atoms with Gasteiger partial charge in [0.1, 0.15) is 4.88 Å². The van der Waals surface area contributed by atoms with E-state index in [4.69, 9.17) is 4.74 Å². The Labute approximate surface area is 146 Å². The van der Waals surface area contributed by atoms with Crippen LogP contribution in [0.5, 0.6) is 0 Å². The van der Waals surface area contributed by atoms with E-state index in [2.05, 4.69) is 20.3 Å². The number of thiazole rings is 1. The second-order valence-electron chi connectivity index (χ2n) is 4.96. The zero-order valence-electron chi connectivity index (χ0n) is 13.3. The monoisotopic (exact) mass is 368 g/mol. The van der Waals surface area contributed by atoms with E-state index in [1.165, 1.54) is 12.3 Å². The summed E-state index contributed by atoms with van der Waals surface area (Å²) < 4.78 is 5.12. The van der Waals surface area contributed by atoms with E-state index >= 15 is 0 Å². The van der Waals surface area contributed by atoms with Crippen molar-refractivity contribution >= 4 is 40.1 Å². The first-order valence-corrected chi connectivity index (χ1v) is 8.81. The summed E-state index contributed by atoms with van der Waals surface area (Å²) in [6.07, 6.45) is 1.14. The Morgan fingerprint density at radius 1 is 1.46 bits per heavy atom. The van der Waals surface area contributed by atoms with Gasteiger partial charge in [-0.05, 0) is 20.8 Å². The minimum absolute atomic E-state index is 0.0529. The number of ether oxygens (including phenoxy) is 1. The Morgan fingerprint density at radius 2 is 2.21 bits per heavy atom. The highest BCUT2D eigenvalue weighted by molar-refractivity contribution is 7.99. The van der Waals surface area contributed by atoms with Gasteiger partial charge in [-0.3, -0.25) is 9.59 Å². The van der Waals surface area contributed by atoms with Gasteiger partial charge < -0.3 is 15.0 Å². The topological polar surface area (TPSA) is 114 Å². The number of H-pyrrole nitrogens is 1. The molecule has 2 aromatic heterocycles. The molecule has 0 saturated carbocycles. The average Bonchev–Trinajstić information content (AvgIpc) is 2.85. The highest BCUT2D eigenvalue weighted by atomic mass is 32.2. The van der Waals surface area contributed by atoms with Crippen LogP contribution in [-0.2, 0) is 9.53 Å². The quantitative estimate of drug-likeness (QED) is 0.454. The largest absolute Gasteiger partial charge is 0.459 e. The van der Waals surface area contributed by atoms with Crippen LogP contribution < -0.4 is 10.9 Å². The van der Waals surface area contributed by atoms with Gasteiger partial charge in [-0.25, -0.2) is 14.8 Å². The molecule has 0 aliphatic heterocycles. The van der Waals surface area contributed by atoms with E-state index in [0.29, 0.717) is 20.9 Å². The van der Waals surface area contributed by atoms with Crippen LogP contribution >= 0.6 is 23.1 Å². The van der Waals surface area contributed by atoms with Crippen LogP contribution in [0.25, 0.3) is 0 Å². The lowest BCUT2D eigenvalue weighted by atomic mass is 10.4. The summed E-state index contributed by atoms with van der Waals surface area (Å²) in [6.45, 7) is 5.20. The van der Waals surface area contributed by atoms with Gasteiger partial charge in [0, 0.05) is 12.3 Å². The number of amides is 1. The number of esters is 1. The van der Waals surface area contributed by atoms with Crippen LogP contribution in [0, 0.1) is 6.92 Å². The third kappa shape index (κ3) is 5.17. The van der Waals surface area contributed by atoms with Crippen LogP contribution in [-0.4, -0.2) is 38.7 Å². The third-order valence-corrected chi connectivity index (χ3v) is 4.50. The highest BCUT2D eigenvalue weighted by Crippen LogP contribution is 2.24. The maximum absolute atomic E-state index is 11.9. The molecular weight excluding hydrogens is 352 g/mol. The Hall–Kier alpha value is -2.20. The number of aromatic amines is 1. The van der Waals surface area contributed by atoms with E-state index in [-0.39, 0.29) is 23.3 Å². The fourth-order valence-electron chi connectivity index (χ4n) is 1.62. The van der Waals surface area contributed by atoms with Crippen molar-refractivity contribution in [2.75, 3.05) is 11.1 Å². The Balaban J connectivity index is 1.94. The molecule has 0 spiro atoms. The van der Waals surface area contributed by atoms with E-state index in [1.54, 1.807) is 20.8 Å². The number of aromatic nitrogens is 3. The molecule has 0 radical (unpaired) electrons. The molecule has 2 N–H and O–H groups in total. The smallest absolute Gasteiger partial charge is 0.350 e. The number of carbonyl (C=O) groups is 2. The van der Waals surface area contributed by atoms with Gasteiger partial charge in [0.25, 0.3) is 5.56 Å². The first-order valence-electron chi connectivity index (χ1n) is 7.01. The van der Waals surface area contributed by atoms with E-state index in [0.717, 1.165) is 23.1 Å². The van der Waals surface area contributed by atoms with Crippen LogP contribution in [0.2, 0.25) is 0 Å². The van der Waals surface area contributed by atoms with Gasteiger partial charge >= 0.3 is 5.97 Å². The van der Waals surface area contributed by atoms with Crippen molar-refractivity contribution in [1.29, 1.82) is 0 Å². The van der Waals surface area contributed by atoms with Crippen molar-refractivity contribution in [1.82, 2.24) is 15.0 Å². The SMILES string of the molecule is Cc1nc(NC(=O)CSc2nccc(=O)[nH]2)sc1C(=O)OC(C)C. The molecular formula is C14H16N4O4S2. The summed E-state index contributed by atoms with van der Waals surface area (Å²) >= 11 is 2.16. The van der Waals surface area contributed by atoms with E-state index in [9.17, 15) is 14.4 Å². The van der Waals surface area contributed by atoms with Crippen molar-refractivity contribution in [2.45, 2.75) is 32.0 Å². The second kappa shape index (κ2) is 8.06. The molecule has 2 rings (SSSR count). The van der Waals surface area contributed by atoms with Gasteiger partial charge in [-0.2, -0.15) is 0 Å². The summed E-state index contributed by atoms with van der Waals surface area (Å²) in [5.74, 6) is -0.720. The summed E-state index contributed by atoms with van der Waals surface area (Å²) in [4.78, 5) is 46.0. The lowest BCUT2D eigenvalue weighted by Crippen LogP contribution is -2.15. The van der Waals surface area contributed by atoms with Crippen LogP contribution in [0.4, 0.5) is 5.13 Å². The predicted molar refractivity (Wildman–Crippen MR) is 91.6 cm³/mol. The molecule has 0 aliphatic carbocycles. The number of nitrogens with one attached hydrogen (secondary N) is 2. The Bertz CT molecular complexity index is 800. The number of rotatable bonds is 6. The molecule has 0 aliphatic rings. The summed E-state index contributed by atoms with van der Waals surface area (Å²) in [5.41, 5.74) is 0.222. The molecule has 0 aromatic carbocycles. The van der Waals surface area contributed by atoms with Crippen LogP contribution in [0.15, 0.2) is 22.2 Å².